The van der Waals surface area contributed by atoms with Crippen molar-refractivity contribution in [2.75, 3.05) is 25.5 Å². The maximum absolute atomic E-state index is 11.7. The summed E-state index contributed by atoms with van der Waals surface area (Å²) in [5, 5.41) is 5.99. The highest BCUT2D eigenvalue weighted by Gasteiger charge is 2.02. The molecule has 0 spiro atoms. The first-order chi connectivity index (χ1) is 9.26. The quantitative estimate of drug-likeness (QED) is 0.674. The number of unbranched alkanes of at least 4 members (excludes halogenated alkanes) is 3. The van der Waals surface area contributed by atoms with Gasteiger partial charge in [-0.2, -0.15) is 0 Å². The molecule has 0 saturated heterocycles. The van der Waals surface area contributed by atoms with Crippen molar-refractivity contribution in [3.63, 3.8) is 0 Å². The molecule has 0 unspecified atom stereocenters. The van der Waals surface area contributed by atoms with Crippen LogP contribution in [-0.2, 0) is 4.79 Å². The van der Waals surface area contributed by atoms with Crippen molar-refractivity contribution >= 4 is 11.6 Å². The minimum absolute atomic E-state index is 0.0243. The van der Waals surface area contributed by atoms with Crippen LogP contribution in [0.15, 0.2) is 24.3 Å². The SMILES string of the molecule is CCCCCCNCC(=O)Nc1cccc(OC)c1. The maximum Gasteiger partial charge on any atom is 0.238 e. The molecule has 1 amide bonds. The molecule has 0 aliphatic carbocycles. The van der Waals surface area contributed by atoms with Crippen LogP contribution in [0.1, 0.15) is 32.6 Å². The lowest BCUT2D eigenvalue weighted by atomic mass is 10.2. The van der Waals surface area contributed by atoms with E-state index in [9.17, 15) is 4.79 Å². The van der Waals surface area contributed by atoms with Crippen molar-refractivity contribution in [3.8, 4) is 5.75 Å². The summed E-state index contributed by atoms with van der Waals surface area (Å²) in [7, 11) is 1.61. The van der Waals surface area contributed by atoms with E-state index in [2.05, 4.69) is 17.6 Å². The van der Waals surface area contributed by atoms with E-state index in [-0.39, 0.29) is 5.91 Å². The number of benzene rings is 1. The van der Waals surface area contributed by atoms with E-state index in [1.54, 1.807) is 13.2 Å². The standard InChI is InChI=1S/C15H24N2O2/c1-3-4-5-6-10-16-12-15(18)17-13-8-7-9-14(11-13)19-2/h7-9,11,16H,3-6,10,12H2,1-2H3,(H,17,18). The van der Waals surface area contributed by atoms with E-state index in [0.717, 1.165) is 24.4 Å². The lowest BCUT2D eigenvalue weighted by Gasteiger charge is -2.08. The van der Waals surface area contributed by atoms with Crippen LogP contribution in [0.2, 0.25) is 0 Å². The molecule has 0 atom stereocenters. The Kier molecular flexibility index (Phi) is 7.66. The Bertz CT molecular complexity index is 380. The number of anilines is 1. The first-order valence-electron chi connectivity index (χ1n) is 6.91. The second-order valence-electron chi connectivity index (χ2n) is 4.52. The number of carbonyl (C=O) groups excluding carboxylic acids is 1. The molecule has 0 fully saturated rings. The minimum atomic E-state index is -0.0243. The van der Waals surface area contributed by atoms with Crippen LogP contribution in [0, 0.1) is 0 Å². The minimum Gasteiger partial charge on any atom is -0.497 e. The zero-order chi connectivity index (χ0) is 13.9. The van der Waals surface area contributed by atoms with E-state index in [0.29, 0.717) is 6.54 Å². The van der Waals surface area contributed by atoms with Crippen molar-refractivity contribution < 1.29 is 9.53 Å². The molecule has 1 aromatic carbocycles. The van der Waals surface area contributed by atoms with Gasteiger partial charge in [0, 0.05) is 11.8 Å². The van der Waals surface area contributed by atoms with E-state index >= 15 is 0 Å². The van der Waals surface area contributed by atoms with E-state index in [1.165, 1.54) is 19.3 Å². The lowest BCUT2D eigenvalue weighted by molar-refractivity contribution is -0.115. The van der Waals surface area contributed by atoms with Crippen LogP contribution in [0.4, 0.5) is 5.69 Å². The second-order valence-corrected chi connectivity index (χ2v) is 4.52. The molecule has 1 rings (SSSR count). The van der Waals surface area contributed by atoms with Crippen LogP contribution >= 0.6 is 0 Å². The van der Waals surface area contributed by atoms with Crippen LogP contribution < -0.4 is 15.4 Å². The van der Waals surface area contributed by atoms with Gasteiger partial charge in [0.05, 0.1) is 13.7 Å². The van der Waals surface area contributed by atoms with E-state index in [1.807, 2.05) is 18.2 Å². The van der Waals surface area contributed by atoms with Gasteiger partial charge in [0.15, 0.2) is 0 Å². The molecular weight excluding hydrogens is 240 g/mol. The van der Waals surface area contributed by atoms with Gasteiger partial charge in [-0.25, -0.2) is 0 Å². The Morgan fingerprint density at radius 1 is 1.26 bits per heavy atom. The largest absolute Gasteiger partial charge is 0.497 e. The third-order valence-corrected chi connectivity index (χ3v) is 2.85. The fraction of sp³-hybridized carbons (Fsp3) is 0.533. The normalized spacial score (nSPS) is 10.2. The third-order valence-electron chi connectivity index (χ3n) is 2.85. The van der Waals surface area contributed by atoms with Gasteiger partial charge in [-0.05, 0) is 25.1 Å². The van der Waals surface area contributed by atoms with E-state index < -0.39 is 0 Å². The first-order valence-corrected chi connectivity index (χ1v) is 6.91. The zero-order valence-electron chi connectivity index (χ0n) is 11.9. The van der Waals surface area contributed by atoms with Crippen LogP contribution in [0.25, 0.3) is 0 Å². The lowest BCUT2D eigenvalue weighted by Crippen LogP contribution is -2.28. The topological polar surface area (TPSA) is 50.4 Å². The van der Waals surface area contributed by atoms with Crippen molar-refractivity contribution in [1.82, 2.24) is 5.32 Å². The molecule has 4 nitrogen and oxygen atoms in total. The van der Waals surface area contributed by atoms with Gasteiger partial charge in [0.1, 0.15) is 5.75 Å². The van der Waals surface area contributed by atoms with Gasteiger partial charge in [0.2, 0.25) is 5.91 Å². The Balaban J connectivity index is 2.19. The highest BCUT2D eigenvalue weighted by atomic mass is 16.5. The maximum atomic E-state index is 11.7. The first kappa shape index (κ1) is 15.5. The summed E-state index contributed by atoms with van der Waals surface area (Å²) in [6.45, 7) is 3.43. The third kappa shape index (κ3) is 6.82. The number of amides is 1. The summed E-state index contributed by atoms with van der Waals surface area (Å²) in [4.78, 5) is 11.7. The van der Waals surface area contributed by atoms with E-state index in [4.69, 9.17) is 4.74 Å². The van der Waals surface area contributed by atoms with Gasteiger partial charge in [-0.15, -0.1) is 0 Å². The zero-order valence-corrected chi connectivity index (χ0v) is 11.9. The summed E-state index contributed by atoms with van der Waals surface area (Å²) in [6, 6.07) is 7.36. The fourth-order valence-corrected chi connectivity index (χ4v) is 1.78. The number of hydrogen-bond donors (Lipinski definition) is 2. The molecule has 0 radical (unpaired) electrons. The highest BCUT2D eigenvalue weighted by molar-refractivity contribution is 5.92. The molecule has 1 aromatic rings. The average Bonchev–Trinajstić information content (AvgIpc) is 2.43. The summed E-state index contributed by atoms with van der Waals surface area (Å²) in [5.41, 5.74) is 0.761. The summed E-state index contributed by atoms with van der Waals surface area (Å²) < 4.78 is 5.11. The van der Waals surface area contributed by atoms with Gasteiger partial charge in [-0.3, -0.25) is 4.79 Å². The highest BCUT2D eigenvalue weighted by Crippen LogP contribution is 2.16. The van der Waals surface area contributed by atoms with Crippen LogP contribution in [0.3, 0.4) is 0 Å². The molecule has 0 bridgehead atoms. The predicted octanol–water partition coefficient (Wildman–Crippen LogP) is 2.80. The Morgan fingerprint density at radius 3 is 2.84 bits per heavy atom. The molecule has 19 heavy (non-hydrogen) atoms. The van der Waals surface area contributed by atoms with Gasteiger partial charge < -0.3 is 15.4 Å². The van der Waals surface area contributed by atoms with Crippen LogP contribution in [-0.4, -0.2) is 26.1 Å². The molecule has 0 heterocycles. The van der Waals surface area contributed by atoms with Crippen molar-refractivity contribution in [1.29, 1.82) is 0 Å². The average molecular weight is 264 g/mol. The number of methoxy groups -OCH3 is 1. The number of nitrogens with one attached hydrogen (secondary N) is 2. The molecule has 4 heteroatoms. The predicted molar refractivity (Wildman–Crippen MR) is 78.6 cm³/mol. The Morgan fingerprint density at radius 2 is 2.11 bits per heavy atom. The summed E-state index contributed by atoms with van der Waals surface area (Å²) >= 11 is 0. The molecule has 106 valence electrons. The number of ether oxygens (including phenoxy) is 1. The molecule has 2 N–H and O–H groups in total. The summed E-state index contributed by atoms with van der Waals surface area (Å²) in [6.07, 6.45) is 4.84. The van der Waals surface area contributed by atoms with Crippen molar-refractivity contribution in [2.24, 2.45) is 0 Å². The van der Waals surface area contributed by atoms with Crippen molar-refractivity contribution in [2.45, 2.75) is 32.6 Å². The Labute approximate surface area is 115 Å². The summed E-state index contributed by atoms with van der Waals surface area (Å²) in [5.74, 6) is 0.717. The molecule has 0 saturated carbocycles. The molecule has 0 aliphatic heterocycles. The van der Waals surface area contributed by atoms with Gasteiger partial charge >= 0.3 is 0 Å². The number of rotatable bonds is 9. The molecule has 0 aromatic heterocycles. The number of hydrogen-bond acceptors (Lipinski definition) is 3. The smallest absolute Gasteiger partial charge is 0.238 e. The van der Waals surface area contributed by atoms with Crippen LogP contribution in [0.5, 0.6) is 5.75 Å². The fourth-order valence-electron chi connectivity index (χ4n) is 1.78. The second kappa shape index (κ2) is 9.39. The molecular formula is C15H24N2O2. The van der Waals surface area contributed by atoms with Crippen molar-refractivity contribution in [3.05, 3.63) is 24.3 Å². The van der Waals surface area contributed by atoms with Gasteiger partial charge in [0.25, 0.3) is 0 Å². The monoisotopic (exact) mass is 264 g/mol. The Hall–Kier alpha value is -1.55. The van der Waals surface area contributed by atoms with Gasteiger partial charge in [-0.1, -0.05) is 32.3 Å². The molecule has 0 aliphatic rings. The number of carbonyl (C=O) groups is 1.